The molecule has 1 fully saturated rings. The molecular weight excluding hydrogens is 330 g/mol. The molecule has 0 aliphatic carbocycles. The van der Waals surface area contributed by atoms with Crippen molar-refractivity contribution in [3.63, 3.8) is 0 Å². The summed E-state index contributed by atoms with van der Waals surface area (Å²) in [4.78, 5) is 17.6. The summed E-state index contributed by atoms with van der Waals surface area (Å²) in [5.41, 5.74) is 1.38. The largest absolute Gasteiger partial charge is 0.338 e. The molecule has 1 aliphatic rings. The third-order valence-electron chi connectivity index (χ3n) is 4.77. The quantitative estimate of drug-likeness (QED) is 0.818. The van der Waals surface area contributed by atoms with Crippen LogP contribution in [0.25, 0.3) is 0 Å². The topological polar surface area (TPSA) is 35.6 Å². The molecule has 0 bridgehead atoms. The van der Waals surface area contributed by atoms with E-state index in [1.54, 1.807) is 16.2 Å². The van der Waals surface area contributed by atoms with Crippen molar-refractivity contribution in [1.82, 2.24) is 15.1 Å². The lowest BCUT2D eigenvalue weighted by Crippen LogP contribution is -2.37. The Morgan fingerprint density at radius 3 is 2.88 bits per heavy atom. The van der Waals surface area contributed by atoms with E-state index in [1.807, 2.05) is 18.5 Å². The molecule has 0 radical (unpaired) electrons. The highest BCUT2D eigenvalue weighted by molar-refractivity contribution is 7.09. The maximum absolute atomic E-state index is 12.2. The van der Waals surface area contributed by atoms with E-state index < -0.39 is 0 Å². The Morgan fingerprint density at radius 2 is 2.12 bits per heavy atom. The van der Waals surface area contributed by atoms with Gasteiger partial charge in [-0.15, -0.1) is 11.3 Å². The number of likely N-dealkylation sites (tertiary alicyclic amines) is 1. The zero-order valence-electron chi connectivity index (χ0n) is 14.9. The second kappa shape index (κ2) is 9.02. The lowest BCUT2D eigenvalue weighted by Gasteiger charge is -2.18. The molecule has 2 amide bonds. The number of nitrogens with zero attached hydrogens (tertiary/aromatic N) is 2. The van der Waals surface area contributed by atoms with Gasteiger partial charge in [-0.2, -0.15) is 0 Å². The molecule has 1 aromatic carbocycles. The summed E-state index contributed by atoms with van der Waals surface area (Å²) < 4.78 is 0. The van der Waals surface area contributed by atoms with Crippen LogP contribution in [0.2, 0.25) is 0 Å². The Bertz CT molecular complexity index is 644. The first kappa shape index (κ1) is 18.0. The summed E-state index contributed by atoms with van der Waals surface area (Å²) in [7, 11) is 1.85. The normalized spacial score (nSPS) is 17.6. The molecule has 4 nitrogen and oxygen atoms in total. The van der Waals surface area contributed by atoms with Crippen LogP contribution in [0.3, 0.4) is 0 Å². The lowest BCUT2D eigenvalue weighted by atomic mass is 10.1. The average molecular weight is 358 g/mol. The molecule has 134 valence electrons. The zero-order valence-corrected chi connectivity index (χ0v) is 15.7. The van der Waals surface area contributed by atoms with Crippen LogP contribution in [-0.4, -0.2) is 42.5 Å². The number of urea groups is 1. The smallest absolute Gasteiger partial charge is 0.317 e. The van der Waals surface area contributed by atoms with Crippen molar-refractivity contribution in [2.45, 2.75) is 25.9 Å². The van der Waals surface area contributed by atoms with Crippen LogP contribution in [0.1, 0.15) is 23.3 Å². The fraction of sp³-hybridized carbons (Fsp3) is 0.450. The van der Waals surface area contributed by atoms with E-state index in [4.69, 9.17) is 0 Å². The third-order valence-corrected chi connectivity index (χ3v) is 5.63. The number of nitrogens with one attached hydrogen (secondary N) is 1. The molecule has 1 aromatic heterocycles. The van der Waals surface area contributed by atoms with Crippen LogP contribution in [0, 0.1) is 5.92 Å². The molecular formula is C20H27N3OS. The maximum Gasteiger partial charge on any atom is 0.317 e. The summed E-state index contributed by atoms with van der Waals surface area (Å²) in [5, 5.41) is 5.10. The Hall–Kier alpha value is -1.85. The second-order valence-electron chi connectivity index (χ2n) is 6.83. The van der Waals surface area contributed by atoms with Crippen molar-refractivity contribution in [2.75, 3.05) is 26.7 Å². The number of rotatable bonds is 7. The van der Waals surface area contributed by atoms with Crippen molar-refractivity contribution >= 4 is 17.4 Å². The van der Waals surface area contributed by atoms with Gasteiger partial charge in [-0.3, -0.25) is 4.90 Å². The summed E-state index contributed by atoms with van der Waals surface area (Å²) in [6.45, 7) is 4.77. The summed E-state index contributed by atoms with van der Waals surface area (Å²) in [6, 6.07) is 14.8. The third kappa shape index (κ3) is 5.58. The highest BCUT2D eigenvalue weighted by atomic mass is 32.1. The van der Waals surface area contributed by atoms with Crippen LogP contribution < -0.4 is 5.32 Å². The monoisotopic (exact) mass is 357 g/mol. The van der Waals surface area contributed by atoms with Crippen LogP contribution in [0.4, 0.5) is 4.79 Å². The van der Waals surface area contributed by atoms with E-state index in [-0.39, 0.29) is 6.03 Å². The molecule has 5 heteroatoms. The first-order valence-electron chi connectivity index (χ1n) is 8.98. The molecule has 1 saturated heterocycles. The molecule has 1 atom stereocenters. The van der Waals surface area contributed by atoms with E-state index in [2.05, 4.69) is 46.6 Å². The van der Waals surface area contributed by atoms with Gasteiger partial charge in [0, 0.05) is 31.6 Å². The number of carbonyl (C=O) groups is 1. The maximum atomic E-state index is 12.2. The Balaban J connectivity index is 1.33. The van der Waals surface area contributed by atoms with E-state index in [9.17, 15) is 4.79 Å². The molecule has 2 heterocycles. The molecule has 25 heavy (non-hydrogen) atoms. The minimum absolute atomic E-state index is 0.0209. The van der Waals surface area contributed by atoms with E-state index in [0.717, 1.165) is 32.6 Å². The van der Waals surface area contributed by atoms with E-state index in [1.165, 1.54) is 16.9 Å². The van der Waals surface area contributed by atoms with Crippen molar-refractivity contribution < 1.29 is 4.79 Å². The van der Waals surface area contributed by atoms with Gasteiger partial charge in [-0.1, -0.05) is 36.4 Å². The molecule has 3 rings (SSSR count). The summed E-state index contributed by atoms with van der Waals surface area (Å²) in [6.07, 6.45) is 2.29. The number of hydrogen-bond donors (Lipinski definition) is 1. The highest BCUT2D eigenvalue weighted by Crippen LogP contribution is 2.21. The van der Waals surface area contributed by atoms with Crippen LogP contribution >= 0.6 is 11.3 Å². The molecule has 0 saturated carbocycles. The van der Waals surface area contributed by atoms with Gasteiger partial charge in [0.1, 0.15) is 0 Å². The van der Waals surface area contributed by atoms with Gasteiger partial charge in [0.05, 0.1) is 6.54 Å². The van der Waals surface area contributed by atoms with Gasteiger partial charge in [0.2, 0.25) is 0 Å². The van der Waals surface area contributed by atoms with Crippen LogP contribution in [-0.2, 0) is 13.1 Å². The molecule has 1 aliphatic heterocycles. The zero-order chi connectivity index (χ0) is 17.5. The van der Waals surface area contributed by atoms with Gasteiger partial charge >= 0.3 is 6.03 Å². The van der Waals surface area contributed by atoms with Crippen LogP contribution in [0.5, 0.6) is 0 Å². The minimum Gasteiger partial charge on any atom is -0.338 e. The van der Waals surface area contributed by atoms with Crippen molar-refractivity contribution in [1.29, 1.82) is 0 Å². The van der Waals surface area contributed by atoms with Gasteiger partial charge < -0.3 is 10.2 Å². The second-order valence-corrected chi connectivity index (χ2v) is 7.86. The summed E-state index contributed by atoms with van der Waals surface area (Å²) in [5.74, 6) is 0.687. The first-order valence-corrected chi connectivity index (χ1v) is 9.86. The number of hydrogen-bond acceptors (Lipinski definition) is 3. The van der Waals surface area contributed by atoms with Crippen LogP contribution in [0.15, 0.2) is 47.8 Å². The lowest BCUT2D eigenvalue weighted by molar-refractivity contribution is 0.206. The number of carbonyl (C=O) groups excluding carboxylic acids is 1. The number of thiophene rings is 1. The highest BCUT2D eigenvalue weighted by Gasteiger charge is 2.22. The number of benzene rings is 1. The van der Waals surface area contributed by atoms with Crippen molar-refractivity contribution in [3.8, 4) is 0 Å². The predicted octanol–water partition coefficient (Wildman–Crippen LogP) is 3.80. The van der Waals surface area contributed by atoms with Gasteiger partial charge in [0.25, 0.3) is 0 Å². The van der Waals surface area contributed by atoms with E-state index >= 15 is 0 Å². The average Bonchev–Trinajstić information content (AvgIpc) is 3.28. The number of amides is 2. The molecule has 1 N–H and O–H groups in total. The standard InChI is InChI=1S/C20H27N3OS/c1-22(16-19-8-5-13-25-19)20(24)21-11-9-18-10-12-23(15-18)14-17-6-3-2-4-7-17/h2-8,13,18H,9-12,14-16H2,1H3,(H,21,24). The van der Waals surface area contributed by atoms with Gasteiger partial charge in [0.15, 0.2) is 0 Å². The Labute approximate surface area is 154 Å². The van der Waals surface area contributed by atoms with Gasteiger partial charge in [-0.05, 0) is 42.3 Å². The van der Waals surface area contributed by atoms with Gasteiger partial charge in [-0.25, -0.2) is 4.79 Å². The molecule has 0 spiro atoms. The first-order chi connectivity index (χ1) is 12.2. The Kier molecular flexibility index (Phi) is 6.48. The molecule has 1 unspecified atom stereocenters. The fourth-order valence-electron chi connectivity index (χ4n) is 3.36. The predicted molar refractivity (Wildman–Crippen MR) is 104 cm³/mol. The van der Waals surface area contributed by atoms with Crippen molar-refractivity contribution in [3.05, 3.63) is 58.3 Å². The SMILES string of the molecule is CN(Cc1cccs1)C(=O)NCCC1CCN(Cc2ccccc2)C1. The summed E-state index contributed by atoms with van der Waals surface area (Å²) >= 11 is 1.69. The van der Waals surface area contributed by atoms with E-state index in [0.29, 0.717) is 12.5 Å². The van der Waals surface area contributed by atoms with Crippen molar-refractivity contribution in [2.24, 2.45) is 5.92 Å². The molecule has 2 aromatic rings. The minimum atomic E-state index is 0.0209. The Morgan fingerprint density at radius 1 is 1.28 bits per heavy atom. The fourth-order valence-corrected chi connectivity index (χ4v) is 4.12.